The summed E-state index contributed by atoms with van der Waals surface area (Å²) in [4.78, 5) is 28.0. The molecule has 486 valence electrons. The number of phenols is 1. The molecule has 22 heteroatoms. The van der Waals surface area contributed by atoms with Crippen LogP contribution in [0.25, 0.3) is 39.2 Å². The number of rotatable bonds is 27. The van der Waals surface area contributed by atoms with E-state index in [-0.39, 0.29) is 69.2 Å². The first kappa shape index (κ1) is 66.7. The SMILES string of the molecule is CCOC(=O)[C@@H](Cc1cc(O)ccc1OCc1ccnc(-c2ccccc2OC)n1)Oc1nccn2c(Cl)c(-c3ccc(F)cc3)c(-c3cc(Cl)c(O[C@H](COC(c4ccccc4)(c4ccc(OC)cc4)c4ccc(OC)cc4)COS(=O)(=O)c4ccc(C)cc4)c(Cl)c3)c12. The van der Waals surface area contributed by atoms with Gasteiger partial charge in [-0.05, 0) is 139 Å². The Morgan fingerprint density at radius 3 is 1.98 bits per heavy atom. The van der Waals surface area contributed by atoms with Crippen molar-refractivity contribution in [3.8, 4) is 74.0 Å². The highest BCUT2D eigenvalue weighted by Crippen LogP contribution is 2.49. The Morgan fingerprint density at radius 2 is 1.33 bits per heavy atom. The smallest absolute Gasteiger partial charge is 0.347 e. The standard InChI is InChI=1S/C73H62Cl3FN4O13S/c1-6-89-72(83)64(41-47-38-54(82)26-33-62(47)90-42-53-34-35-78-70(80-53)59-14-10-11-15-63(59)88-5)94-71-67-65(66(46-18-24-52(77)25-19-46)69(76)81(67)37-36-79-71)48-39-60(74)68(61(75)40-48)93-57(44-92-95(84,85)58-31-16-45(2)17-32-58)43-91-73(49-12-8-7-9-13-49,50-20-27-55(86-3)28-21-50)51-22-29-56(87-4)30-23-51/h7-40,57,64,82H,6,41-44H2,1-5H3/t57-,64-/m1/s1. The Hall–Kier alpha value is -9.73. The Labute approximate surface area is 563 Å². The first-order valence-corrected chi connectivity index (χ1v) is 32.3. The molecule has 3 aromatic heterocycles. The zero-order chi connectivity index (χ0) is 66.8. The lowest BCUT2D eigenvalue weighted by Crippen LogP contribution is -2.39. The van der Waals surface area contributed by atoms with Crippen LogP contribution in [-0.2, 0) is 47.2 Å². The molecule has 0 aliphatic carbocycles. The van der Waals surface area contributed by atoms with Crippen LogP contribution >= 0.6 is 34.8 Å². The van der Waals surface area contributed by atoms with Crippen molar-refractivity contribution in [2.24, 2.45) is 0 Å². The number of carbonyl (C=O) groups is 1. The van der Waals surface area contributed by atoms with Crippen LogP contribution in [0.15, 0.2) is 212 Å². The number of aryl methyl sites for hydroxylation is 1. The summed E-state index contributed by atoms with van der Waals surface area (Å²) in [6, 6.07) is 52.7. The Balaban J connectivity index is 0.979. The van der Waals surface area contributed by atoms with E-state index >= 15 is 0 Å². The van der Waals surface area contributed by atoms with Gasteiger partial charge in [0.2, 0.25) is 12.0 Å². The zero-order valence-electron chi connectivity index (χ0n) is 51.9. The van der Waals surface area contributed by atoms with Crippen LogP contribution in [0, 0.1) is 12.7 Å². The molecule has 0 saturated carbocycles. The number of esters is 1. The maximum Gasteiger partial charge on any atom is 0.347 e. The number of halogens is 4. The molecular formula is C73H62Cl3FN4O13S. The van der Waals surface area contributed by atoms with E-state index in [2.05, 4.69) is 9.97 Å². The first-order valence-electron chi connectivity index (χ1n) is 29.8. The predicted octanol–water partition coefficient (Wildman–Crippen LogP) is 15.6. The van der Waals surface area contributed by atoms with E-state index in [0.717, 1.165) is 5.56 Å². The molecule has 0 aliphatic rings. The van der Waals surface area contributed by atoms with Gasteiger partial charge in [0.05, 0.1) is 60.7 Å². The van der Waals surface area contributed by atoms with E-state index in [1.165, 1.54) is 42.6 Å². The molecule has 0 aliphatic heterocycles. The molecule has 17 nitrogen and oxygen atoms in total. The minimum Gasteiger partial charge on any atom is -0.508 e. The van der Waals surface area contributed by atoms with Crippen LogP contribution in [0.3, 0.4) is 0 Å². The normalized spacial score (nSPS) is 12.2. The van der Waals surface area contributed by atoms with Gasteiger partial charge < -0.3 is 47.4 Å². The van der Waals surface area contributed by atoms with Crippen LogP contribution in [0.1, 0.15) is 40.4 Å². The number of phenolic OH excluding ortho intramolecular Hbond substituents is 1. The van der Waals surface area contributed by atoms with Gasteiger partial charge >= 0.3 is 5.97 Å². The van der Waals surface area contributed by atoms with Gasteiger partial charge in [-0.3, -0.25) is 4.18 Å². The molecule has 11 rings (SSSR count). The molecule has 0 amide bonds. The molecule has 0 spiro atoms. The maximum absolute atomic E-state index is 14.8. The third kappa shape index (κ3) is 14.8. The molecule has 1 N–H and O–H groups in total. The van der Waals surface area contributed by atoms with Crippen molar-refractivity contribution in [3.05, 3.63) is 261 Å². The number of nitrogens with zero attached hydrogens (tertiary/aromatic N) is 4. The van der Waals surface area contributed by atoms with E-state index in [1.54, 1.807) is 93.6 Å². The Bertz CT molecular complexity index is 4560. The predicted molar refractivity (Wildman–Crippen MR) is 359 cm³/mol. The lowest BCUT2D eigenvalue weighted by Gasteiger charge is -2.37. The van der Waals surface area contributed by atoms with Crippen LogP contribution < -0.4 is 28.4 Å². The largest absolute Gasteiger partial charge is 0.508 e. The van der Waals surface area contributed by atoms with Gasteiger partial charge in [0.25, 0.3) is 10.1 Å². The number of carbonyl (C=O) groups excluding carboxylic acids is 1. The number of hydrogen-bond acceptors (Lipinski definition) is 16. The summed E-state index contributed by atoms with van der Waals surface area (Å²) in [5.74, 6) is 0.861. The molecular weight excluding hydrogens is 1300 g/mol. The fourth-order valence-corrected chi connectivity index (χ4v) is 12.8. The van der Waals surface area contributed by atoms with Crippen molar-refractivity contribution >= 4 is 56.4 Å². The highest BCUT2D eigenvalue weighted by molar-refractivity contribution is 7.86. The van der Waals surface area contributed by atoms with E-state index in [0.29, 0.717) is 84.6 Å². The fourth-order valence-electron chi connectivity index (χ4n) is 10.9. The van der Waals surface area contributed by atoms with Gasteiger partial charge in [-0.1, -0.05) is 131 Å². The number of benzene rings is 8. The number of aromatic hydroxyl groups is 1. The minimum absolute atomic E-state index is 0.0226. The number of ether oxygens (including phenoxy) is 8. The average molecular weight is 1360 g/mol. The first-order chi connectivity index (χ1) is 46.0. The van der Waals surface area contributed by atoms with E-state index < -0.39 is 46.3 Å². The number of hydrogen-bond donors (Lipinski definition) is 1. The van der Waals surface area contributed by atoms with Gasteiger partial charge in [0, 0.05) is 41.7 Å². The van der Waals surface area contributed by atoms with Crippen LogP contribution in [0.5, 0.6) is 40.4 Å². The van der Waals surface area contributed by atoms with Crippen molar-refractivity contribution in [2.75, 3.05) is 41.2 Å². The van der Waals surface area contributed by atoms with Crippen molar-refractivity contribution in [1.82, 2.24) is 19.4 Å². The van der Waals surface area contributed by atoms with Gasteiger partial charge in [0.1, 0.15) is 70.2 Å². The number of methoxy groups -OCH3 is 3. The Kier molecular flexibility index (Phi) is 20.9. The molecule has 0 radical (unpaired) electrons. The summed E-state index contributed by atoms with van der Waals surface area (Å²) in [6.45, 7) is 2.47. The highest BCUT2D eigenvalue weighted by atomic mass is 35.5. The summed E-state index contributed by atoms with van der Waals surface area (Å²) in [5.41, 5.74) is 4.71. The molecule has 95 heavy (non-hydrogen) atoms. The molecule has 8 aromatic carbocycles. The third-order valence-electron chi connectivity index (χ3n) is 15.5. The third-order valence-corrected chi connectivity index (χ3v) is 17.8. The van der Waals surface area contributed by atoms with Gasteiger partial charge in [-0.2, -0.15) is 8.42 Å². The van der Waals surface area contributed by atoms with Crippen LogP contribution in [0.2, 0.25) is 15.2 Å². The summed E-state index contributed by atoms with van der Waals surface area (Å²) in [6.07, 6.45) is 1.68. The quantitative estimate of drug-likeness (QED) is 0.0289. The molecule has 0 bridgehead atoms. The number of para-hydroxylation sites is 1. The number of fused-ring (bicyclic) bond motifs is 1. The molecule has 2 atom stereocenters. The second kappa shape index (κ2) is 29.7. The summed E-state index contributed by atoms with van der Waals surface area (Å²) < 4.78 is 99.7. The second-order valence-corrected chi connectivity index (χ2v) is 24.4. The van der Waals surface area contributed by atoms with E-state index in [4.69, 9.17) is 81.9 Å². The van der Waals surface area contributed by atoms with Crippen LogP contribution in [0.4, 0.5) is 4.39 Å². The topological polar surface area (TPSA) is 198 Å². The average Bonchev–Trinajstić information content (AvgIpc) is 1.69. The minimum atomic E-state index is -4.41. The molecule has 3 heterocycles. The maximum atomic E-state index is 14.8. The molecule has 0 fully saturated rings. The zero-order valence-corrected chi connectivity index (χ0v) is 55.0. The van der Waals surface area contributed by atoms with Crippen molar-refractivity contribution < 1.29 is 64.8 Å². The monoisotopic (exact) mass is 1360 g/mol. The summed E-state index contributed by atoms with van der Waals surface area (Å²) in [7, 11) is 0.289. The highest BCUT2D eigenvalue weighted by Gasteiger charge is 2.40. The van der Waals surface area contributed by atoms with Gasteiger partial charge in [0.15, 0.2) is 11.6 Å². The van der Waals surface area contributed by atoms with E-state index in [9.17, 15) is 22.7 Å². The Morgan fingerprint density at radius 1 is 0.674 bits per heavy atom. The fraction of sp³-hybridized carbons (Fsp3) is 0.178. The van der Waals surface area contributed by atoms with Crippen molar-refractivity contribution in [1.29, 1.82) is 0 Å². The van der Waals surface area contributed by atoms with Gasteiger partial charge in [-0.15, -0.1) is 0 Å². The lowest BCUT2D eigenvalue weighted by molar-refractivity contribution is -0.151. The summed E-state index contributed by atoms with van der Waals surface area (Å²) >= 11 is 22.2. The summed E-state index contributed by atoms with van der Waals surface area (Å²) in [5, 5.41) is 10.9. The van der Waals surface area contributed by atoms with Gasteiger partial charge in [-0.25, -0.2) is 24.1 Å². The van der Waals surface area contributed by atoms with E-state index in [1.807, 2.05) is 110 Å². The van der Waals surface area contributed by atoms with Crippen molar-refractivity contribution in [2.45, 2.75) is 49.6 Å². The molecule has 11 aromatic rings. The lowest BCUT2D eigenvalue weighted by atomic mass is 9.80. The second-order valence-electron chi connectivity index (χ2n) is 21.6. The number of aromatic nitrogens is 4. The molecule has 0 unspecified atom stereocenters. The molecule has 0 saturated heterocycles. The van der Waals surface area contributed by atoms with Crippen LogP contribution in [-0.4, -0.2) is 92.2 Å². The van der Waals surface area contributed by atoms with Crippen molar-refractivity contribution in [3.63, 3.8) is 0 Å².